The van der Waals surface area contributed by atoms with Crippen LogP contribution in [-0.4, -0.2) is 58.1 Å². The van der Waals surface area contributed by atoms with Crippen LogP contribution in [0.15, 0.2) is 30.3 Å². The van der Waals surface area contributed by atoms with E-state index in [0.717, 1.165) is 24.0 Å². The van der Waals surface area contributed by atoms with Gasteiger partial charge in [0.25, 0.3) is 5.91 Å². The number of aliphatic hydroxyl groups is 1. The highest BCUT2D eigenvalue weighted by Crippen LogP contribution is 2.46. The first-order valence-electron chi connectivity index (χ1n) is 11.7. The number of ether oxygens (including phenoxy) is 2. The number of halogens is 1. The number of aromatic amines is 1. The zero-order chi connectivity index (χ0) is 25.1. The molecule has 3 N–H and O–H groups in total. The summed E-state index contributed by atoms with van der Waals surface area (Å²) in [5, 5.41) is 27.9. The zero-order valence-corrected chi connectivity index (χ0v) is 20.9. The highest BCUT2D eigenvalue weighted by atomic mass is 35.5. The van der Waals surface area contributed by atoms with Crippen LogP contribution in [0.1, 0.15) is 59.4 Å². The lowest BCUT2D eigenvalue weighted by Gasteiger charge is -2.27. The number of hydrogen-bond acceptors (Lipinski definition) is 6. The number of H-pyrrole nitrogens is 1. The number of nitrogens with zero attached hydrogens (tertiary/aromatic N) is 2. The van der Waals surface area contributed by atoms with Gasteiger partial charge in [-0.15, -0.1) is 0 Å². The Morgan fingerprint density at radius 3 is 2.71 bits per heavy atom. The Morgan fingerprint density at radius 1 is 1.20 bits per heavy atom. The van der Waals surface area contributed by atoms with Crippen molar-refractivity contribution in [1.82, 2.24) is 15.1 Å². The molecule has 2 heterocycles. The number of aryl methyl sites for hydroxylation is 1. The van der Waals surface area contributed by atoms with Crippen LogP contribution in [0.4, 0.5) is 0 Å². The monoisotopic (exact) mass is 499 g/mol. The number of phenols is 1. The maximum Gasteiger partial charge on any atom is 0.273 e. The molecule has 1 aromatic heterocycles. The molecular weight excluding hydrogens is 470 g/mol. The minimum absolute atomic E-state index is 0.0264. The van der Waals surface area contributed by atoms with E-state index in [1.807, 2.05) is 18.2 Å². The van der Waals surface area contributed by atoms with Gasteiger partial charge in [0.1, 0.15) is 17.1 Å². The summed E-state index contributed by atoms with van der Waals surface area (Å²) < 4.78 is 11.5. The molecule has 3 aromatic rings. The molecule has 1 aliphatic heterocycles. The normalized spacial score (nSPS) is 14.9. The van der Waals surface area contributed by atoms with Gasteiger partial charge in [-0.05, 0) is 55.2 Å². The van der Waals surface area contributed by atoms with Crippen LogP contribution in [0, 0.1) is 6.92 Å². The Bertz CT molecular complexity index is 1230. The van der Waals surface area contributed by atoms with E-state index in [1.165, 1.54) is 0 Å². The van der Waals surface area contributed by atoms with E-state index >= 15 is 0 Å². The highest BCUT2D eigenvalue weighted by Gasteiger charge is 2.42. The van der Waals surface area contributed by atoms with Crippen LogP contribution >= 0.6 is 11.6 Å². The second-order valence-corrected chi connectivity index (χ2v) is 8.98. The topological polar surface area (TPSA) is 108 Å². The smallest absolute Gasteiger partial charge is 0.273 e. The number of aliphatic hydroxyl groups excluding tert-OH is 1. The number of fused-ring (bicyclic) bond motifs is 1. The number of carbonyl (C=O) groups excluding carboxylic acids is 1. The zero-order valence-electron chi connectivity index (χ0n) is 20.1. The summed E-state index contributed by atoms with van der Waals surface area (Å²) in [7, 11) is 1.58. The van der Waals surface area contributed by atoms with Crippen LogP contribution in [0.2, 0.25) is 5.02 Å². The summed E-state index contributed by atoms with van der Waals surface area (Å²) in [6.07, 6.45) is 2.37. The fourth-order valence-corrected chi connectivity index (χ4v) is 4.54. The van der Waals surface area contributed by atoms with Crippen molar-refractivity contribution < 1.29 is 24.5 Å². The Kier molecular flexibility index (Phi) is 7.52. The molecular formula is C26H30ClN3O5. The Balaban J connectivity index is 1.83. The third-order valence-electron chi connectivity index (χ3n) is 6.21. The molecule has 1 atom stereocenters. The van der Waals surface area contributed by atoms with Gasteiger partial charge in [-0.2, -0.15) is 5.10 Å². The predicted octanol–water partition coefficient (Wildman–Crippen LogP) is 4.86. The Labute approximate surface area is 209 Å². The van der Waals surface area contributed by atoms with Crippen LogP contribution in [0.3, 0.4) is 0 Å². The van der Waals surface area contributed by atoms with E-state index in [9.17, 15) is 15.0 Å². The number of benzene rings is 2. The lowest BCUT2D eigenvalue weighted by Crippen LogP contribution is -2.31. The van der Waals surface area contributed by atoms with Crippen molar-refractivity contribution in [3.63, 3.8) is 0 Å². The lowest BCUT2D eigenvalue weighted by molar-refractivity contribution is 0.0732. The molecule has 9 heteroatoms. The summed E-state index contributed by atoms with van der Waals surface area (Å²) in [4.78, 5) is 15.1. The van der Waals surface area contributed by atoms with Crippen LogP contribution in [-0.2, 0) is 0 Å². The first-order valence-corrected chi connectivity index (χ1v) is 12.1. The third-order valence-corrected chi connectivity index (χ3v) is 6.62. The molecule has 4 rings (SSSR count). The molecule has 0 spiro atoms. The van der Waals surface area contributed by atoms with Gasteiger partial charge in [-0.3, -0.25) is 9.89 Å². The molecule has 1 unspecified atom stereocenters. The van der Waals surface area contributed by atoms with E-state index in [0.29, 0.717) is 58.6 Å². The van der Waals surface area contributed by atoms with E-state index in [2.05, 4.69) is 17.1 Å². The molecule has 0 radical (unpaired) electrons. The number of phenolic OH excluding ortho intramolecular Hbond substituents is 1. The minimum atomic E-state index is -0.504. The molecule has 8 nitrogen and oxygen atoms in total. The van der Waals surface area contributed by atoms with E-state index < -0.39 is 6.04 Å². The van der Waals surface area contributed by atoms with Crippen molar-refractivity contribution in [3.05, 3.63) is 57.7 Å². The van der Waals surface area contributed by atoms with Crippen LogP contribution < -0.4 is 9.47 Å². The second kappa shape index (κ2) is 10.6. The number of carbonyl (C=O) groups is 1. The van der Waals surface area contributed by atoms with Gasteiger partial charge >= 0.3 is 0 Å². The predicted molar refractivity (Wildman–Crippen MR) is 133 cm³/mol. The van der Waals surface area contributed by atoms with Gasteiger partial charge in [0.05, 0.1) is 19.8 Å². The summed E-state index contributed by atoms with van der Waals surface area (Å²) in [5.74, 6) is 0.995. The van der Waals surface area contributed by atoms with E-state index in [-0.39, 0.29) is 18.3 Å². The van der Waals surface area contributed by atoms with E-state index in [1.54, 1.807) is 31.1 Å². The van der Waals surface area contributed by atoms with Crippen molar-refractivity contribution in [2.45, 2.75) is 39.2 Å². The average molecular weight is 500 g/mol. The van der Waals surface area contributed by atoms with Crippen LogP contribution in [0.25, 0.3) is 11.3 Å². The summed E-state index contributed by atoms with van der Waals surface area (Å²) in [6.45, 7) is 4.79. The van der Waals surface area contributed by atoms with Crippen LogP contribution in [0.5, 0.6) is 17.2 Å². The number of nitrogens with one attached hydrogen (secondary N) is 1. The largest absolute Gasteiger partial charge is 0.507 e. The van der Waals surface area contributed by atoms with Crippen molar-refractivity contribution in [2.24, 2.45) is 0 Å². The quantitative estimate of drug-likeness (QED) is 0.344. The standard InChI is InChI=1S/C26H30ClN3O5/c1-4-5-11-35-20-8-7-16(13-21(20)34-3)25-22-23(17-14-18(27)15(2)12-19(17)32)28-29-24(22)26(33)30(25)9-6-10-31/h7-8,12-14,25,31-32H,4-6,9-11H2,1-3H3,(H,28,29). The van der Waals surface area contributed by atoms with Crippen molar-refractivity contribution >= 4 is 17.5 Å². The molecule has 0 saturated carbocycles. The summed E-state index contributed by atoms with van der Waals surface area (Å²) in [6, 6.07) is 8.35. The van der Waals surface area contributed by atoms with Crippen molar-refractivity contribution in [1.29, 1.82) is 0 Å². The molecule has 0 saturated heterocycles. The maximum absolute atomic E-state index is 13.4. The third kappa shape index (κ3) is 4.68. The Morgan fingerprint density at radius 2 is 2.00 bits per heavy atom. The fraction of sp³-hybridized carbons (Fsp3) is 0.385. The molecule has 1 amide bonds. The number of unbranched alkanes of at least 4 members (excludes halogenated alkanes) is 1. The second-order valence-electron chi connectivity index (χ2n) is 8.57. The molecule has 0 bridgehead atoms. The Hall–Kier alpha value is -3.23. The molecule has 186 valence electrons. The molecule has 0 aliphatic carbocycles. The minimum Gasteiger partial charge on any atom is -0.507 e. The molecule has 2 aromatic carbocycles. The lowest BCUT2D eigenvalue weighted by atomic mass is 9.95. The number of aromatic nitrogens is 2. The van der Waals surface area contributed by atoms with Crippen molar-refractivity contribution in [3.8, 4) is 28.5 Å². The summed E-state index contributed by atoms with van der Waals surface area (Å²) >= 11 is 6.36. The van der Waals surface area contributed by atoms with Gasteiger partial charge in [-0.25, -0.2) is 0 Å². The van der Waals surface area contributed by atoms with Gasteiger partial charge in [0.15, 0.2) is 11.5 Å². The highest BCUT2D eigenvalue weighted by molar-refractivity contribution is 6.31. The number of rotatable bonds is 10. The number of aromatic hydroxyl groups is 1. The molecule has 1 aliphatic rings. The van der Waals surface area contributed by atoms with E-state index in [4.69, 9.17) is 21.1 Å². The number of amides is 1. The molecule has 35 heavy (non-hydrogen) atoms. The first-order chi connectivity index (χ1) is 16.9. The average Bonchev–Trinajstić information content (AvgIpc) is 3.39. The van der Waals surface area contributed by atoms with Gasteiger partial charge in [-0.1, -0.05) is 31.0 Å². The molecule has 0 fully saturated rings. The van der Waals surface area contributed by atoms with Crippen molar-refractivity contribution in [2.75, 3.05) is 26.9 Å². The number of hydrogen-bond donors (Lipinski definition) is 3. The fourth-order valence-electron chi connectivity index (χ4n) is 4.38. The van der Waals surface area contributed by atoms with Gasteiger partial charge < -0.3 is 24.6 Å². The summed E-state index contributed by atoms with van der Waals surface area (Å²) in [5.41, 5.74) is 3.42. The first kappa shape index (κ1) is 24.9. The maximum atomic E-state index is 13.4. The van der Waals surface area contributed by atoms with Gasteiger partial charge in [0, 0.05) is 29.3 Å². The number of methoxy groups -OCH3 is 1. The SMILES string of the molecule is CCCCOc1ccc(C2c3c(-c4cc(Cl)c(C)cc4O)n[nH]c3C(=O)N2CCCO)cc1OC. The van der Waals surface area contributed by atoms with Gasteiger partial charge in [0.2, 0.25) is 0 Å².